The summed E-state index contributed by atoms with van der Waals surface area (Å²) in [6.45, 7) is 4.07. The summed E-state index contributed by atoms with van der Waals surface area (Å²) in [5.74, 6) is 0.815. The number of nitrogens with zero attached hydrogens (tertiary/aromatic N) is 5. The van der Waals surface area contributed by atoms with Gasteiger partial charge in [0.1, 0.15) is 0 Å². The predicted octanol–water partition coefficient (Wildman–Crippen LogP) is 4.40. The third-order valence-corrected chi connectivity index (χ3v) is 8.27. The van der Waals surface area contributed by atoms with Gasteiger partial charge in [0.05, 0.1) is 24.0 Å². The Hall–Kier alpha value is -3.40. The molecule has 2 aromatic carbocycles. The standard InChI is InChI=1S/C28H31N7OS/c1-37-34-16-21-3-2-4-24(25(21)17-34)26-10-9-23-15-30-28(32-35(23)26)31-22-7-5-19(6-8-22)20-11-13-33(14-12-20)18-27(29)36/h2-10,15,20H,11-14,16-18H2,1H3,(H2,29,36)(H,31,32). The first-order chi connectivity index (χ1) is 18.1. The van der Waals surface area contributed by atoms with Gasteiger partial charge in [-0.15, -0.1) is 5.10 Å². The predicted molar refractivity (Wildman–Crippen MR) is 149 cm³/mol. The third-order valence-electron chi connectivity index (χ3n) is 7.49. The fourth-order valence-corrected chi connectivity index (χ4v) is 6.06. The van der Waals surface area contributed by atoms with Gasteiger partial charge in [-0.05, 0) is 79.1 Å². The molecule has 0 aliphatic carbocycles. The molecule has 1 amide bonds. The van der Waals surface area contributed by atoms with Crippen molar-refractivity contribution in [1.82, 2.24) is 23.8 Å². The van der Waals surface area contributed by atoms with Gasteiger partial charge >= 0.3 is 0 Å². The summed E-state index contributed by atoms with van der Waals surface area (Å²) in [4.78, 5) is 17.9. The summed E-state index contributed by atoms with van der Waals surface area (Å²) in [5, 5.41) is 8.23. The van der Waals surface area contributed by atoms with Gasteiger partial charge in [0.25, 0.3) is 0 Å². The highest BCUT2D eigenvalue weighted by atomic mass is 32.2. The monoisotopic (exact) mass is 513 g/mol. The topological polar surface area (TPSA) is 91.8 Å². The Kier molecular flexibility index (Phi) is 6.58. The van der Waals surface area contributed by atoms with Gasteiger partial charge in [-0.25, -0.2) is 13.8 Å². The third kappa shape index (κ3) is 4.94. The van der Waals surface area contributed by atoms with E-state index in [1.54, 1.807) is 11.9 Å². The molecule has 3 N–H and O–H groups in total. The van der Waals surface area contributed by atoms with E-state index in [2.05, 4.69) is 80.4 Å². The number of primary amides is 1. The van der Waals surface area contributed by atoms with Crippen molar-refractivity contribution in [2.24, 2.45) is 5.73 Å². The molecule has 2 aliphatic rings. The molecule has 0 unspecified atom stereocenters. The molecule has 0 saturated carbocycles. The lowest BCUT2D eigenvalue weighted by Gasteiger charge is -2.31. The molecular formula is C28H31N7OS. The van der Waals surface area contributed by atoms with Crippen LogP contribution in [0.15, 0.2) is 60.8 Å². The van der Waals surface area contributed by atoms with E-state index in [0.717, 1.165) is 55.9 Å². The van der Waals surface area contributed by atoms with E-state index in [-0.39, 0.29) is 5.91 Å². The summed E-state index contributed by atoms with van der Waals surface area (Å²) >= 11 is 1.79. The maximum atomic E-state index is 11.2. The number of anilines is 2. The highest BCUT2D eigenvalue weighted by molar-refractivity contribution is 7.96. The lowest BCUT2D eigenvalue weighted by atomic mass is 9.89. The molecule has 37 heavy (non-hydrogen) atoms. The number of fused-ring (bicyclic) bond motifs is 2. The highest BCUT2D eigenvalue weighted by Crippen LogP contribution is 2.35. The highest BCUT2D eigenvalue weighted by Gasteiger charge is 2.23. The van der Waals surface area contributed by atoms with E-state index in [4.69, 9.17) is 10.8 Å². The number of nitrogens with one attached hydrogen (secondary N) is 1. The number of nitrogens with two attached hydrogens (primary N) is 1. The van der Waals surface area contributed by atoms with Crippen LogP contribution < -0.4 is 11.1 Å². The average Bonchev–Trinajstić information content (AvgIpc) is 3.53. The minimum absolute atomic E-state index is 0.253. The average molecular weight is 514 g/mol. The molecule has 1 fully saturated rings. The number of hydrogen-bond donors (Lipinski definition) is 2. The second kappa shape index (κ2) is 10.2. The van der Waals surface area contributed by atoms with Crippen LogP contribution in [0.1, 0.15) is 35.4 Å². The number of likely N-dealkylation sites (tertiary alicyclic amines) is 1. The zero-order chi connectivity index (χ0) is 25.4. The molecule has 0 bridgehead atoms. The summed E-state index contributed by atoms with van der Waals surface area (Å²) in [5.41, 5.74) is 13.7. The Morgan fingerprint density at radius 1 is 1.08 bits per heavy atom. The van der Waals surface area contributed by atoms with Gasteiger partial charge in [-0.3, -0.25) is 9.69 Å². The van der Waals surface area contributed by atoms with Crippen LogP contribution in [0.25, 0.3) is 16.8 Å². The molecule has 9 heteroatoms. The number of carbonyl (C=O) groups is 1. The Bertz CT molecular complexity index is 1430. The van der Waals surface area contributed by atoms with Crippen molar-refractivity contribution in [3.05, 3.63) is 77.5 Å². The molecule has 8 nitrogen and oxygen atoms in total. The van der Waals surface area contributed by atoms with Crippen LogP contribution in [-0.2, 0) is 17.9 Å². The van der Waals surface area contributed by atoms with E-state index in [1.165, 1.54) is 22.3 Å². The first-order valence-corrected chi connectivity index (χ1v) is 13.9. The van der Waals surface area contributed by atoms with E-state index in [1.807, 2.05) is 10.7 Å². The lowest BCUT2D eigenvalue weighted by molar-refractivity contribution is -0.119. The molecule has 0 radical (unpaired) electrons. The van der Waals surface area contributed by atoms with Gasteiger partial charge in [-0.2, -0.15) is 0 Å². The van der Waals surface area contributed by atoms with E-state index in [0.29, 0.717) is 18.4 Å². The number of benzene rings is 2. The summed E-state index contributed by atoms with van der Waals surface area (Å²) in [6.07, 6.45) is 6.07. The van der Waals surface area contributed by atoms with Gasteiger partial charge in [0.2, 0.25) is 11.9 Å². The lowest BCUT2D eigenvalue weighted by Crippen LogP contribution is -2.39. The summed E-state index contributed by atoms with van der Waals surface area (Å²) in [7, 11) is 0. The van der Waals surface area contributed by atoms with E-state index >= 15 is 0 Å². The van der Waals surface area contributed by atoms with Gasteiger partial charge in [-0.1, -0.05) is 42.3 Å². The van der Waals surface area contributed by atoms with Crippen LogP contribution in [-0.4, -0.2) is 55.6 Å². The smallest absolute Gasteiger partial charge is 0.245 e. The normalized spacial score (nSPS) is 16.8. The Morgan fingerprint density at radius 2 is 1.89 bits per heavy atom. The SMILES string of the molecule is CSN1Cc2cccc(-c3ccc4cnc(Nc5ccc(C6CCN(CC(N)=O)CC6)cc5)nn34)c2C1. The first kappa shape index (κ1) is 24.0. The summed E-state index contributed by atoms with van der Waals surface area (Å²) in [6, 6.07) is 19.3. The quantitative estimate of drug-likeness (QED) is 0.354. The van der Waals surface area contributed by atoms with Gasteiger partial charge in [0.15, 0.2) is 0 Å². The second-order valence-electron chi connectivity index (χ2n) is 9.82. The van der Waals surface area contributed by atoms with Crippen LogP contribution in [0.2, 0.25) is 0 Å². The van der Waals surface area contributed by atoms with Crippen molar-refractivity contribution in [3.63, 3.8) is 0 Å². The zero-order valence-electron chi connectivity index (χ0n) is 20.9. The maximum Gasteiger partial charge on any atom is 0.245 e. The Labute approximate surface area is 221 Å². The number of amides is 1. The fourth-order valence-electron chi connectivity index (χ4n) is 5.54. The van der Waals surface area contributed by atoms with Crippen molar-refractivity contribution >= 4 is 35.0 Å². The molecule has 4 aromatic rings. The Balaban J connectivity index is 1.19. The minimum Gasteiger partial charge on any atom is -0.369 e. The molecule has 6 rings (SSSR count). The largest absolute Gasteiger partial charge is 0.369 e. The summed E-state index contributed by atoms with van der Waals surface area (Å²) < 4.78 is 4.36. The number of aromatic nitrogens is 3. The van der Waals surface area contributed by atoms with Crippen LogP contribution in [0, 0.1) is 0 Å². The van der Waals surface area contributed by atoms with Crippen molar-refractivity contribution in [1.29, 1.82) is 0 Å². The molecule has 2 aliphatic heterocycles. The van der Waals surface area contributed by atoms with E-state index < -0.39 is 0 Å². The molecule has 190 valence electrons. The van der Waals surface area contributed by atoms with Crippen LogP contribution in [0.3, 0.4) is 0 Å². The van der Waals surface area contributed by atoms with Crippen molar-refractivity contribution in [2.75, 3.05) is 31.2 Å². The molecule has 0 spiro atoms. The van der Waals surface area contributed by atoms with Crippen molar-refractivity contribution in [2.45, 2.75) is 31.8 Å². The number of rotatable bonds is 7. The second-order valence-corrected chi connectivity index (χ2v) is 10.7. The van der Waals surface area contributed by atoms with Crippen LogP contribution >= 0.6 is 11.9 Å². The van der Waals surface area contributed by atoms with E-state index in [9.17, 15) is 4.79 Å². The molecular weight excluding hydrogens is 482 g/mol. The van der Waals surface area contributed by atoms with Crippen molar-refractivity contribution in [3.8, 4) is 11.3 Å². The molecule has 4 heterocycles. The number of piperidine rings is 1. The maximum absolute atomic E-state index is 11.2. The fraction of sp³-hybridized carbons (Fsp3) is 0.321. The molecule has 2 aromatic heterocycles. The van der Waals surface area contributed by atoms with Gasteiger partial charge < -0.3 is 11.1 Å². The molecule has 1 saturated heterocycles. The zero-order valence-corrected chi connectivity index (χ0v) is 21.7. The first-order valence-electron chi connectivity index (χ1n) is 12.7. The minimum atomic E-state index is -0.253. The number of carbonyl (C=O) groups excluding carboxylic acids is 1. The number of hydrogen-bond acceptors (Lipinski definition) is 7. The molecule has 0 atom stereocenters. The van der Waals surface area contributed by atoms with Gasteiger partial charge in [0, 0.05) is 24.3 Å². The van der Waals surface area contributed by atoms with Crippen LogP contribution in [0.5, 0.6) is 0 Å². The van der Waals surface area contributed by atoms with Crippen molar-refractivity contribution < 1.29 is 4.79 Å². The Morgan fingerprint density at radius 3 is 2.65 bits per heavy atom. The van der Waals surface area contributed by atoms with Crippen LogP contribution in [0.4, 0.5) is 11.6 Å².